The van der Waals surface area contributed by atoms with Crippen LogP contribution < -0.4 is 14.2 Å². The summed E-state index contributed by atoms with van der Waals surface area (Å²) in [4.78, 5) is 11.6. The van der Waals surface area contributed by atoms with E-state index < -0.39 is 0 Å². The Bertz CT molecular complexity index is 469. The van der Waals surface area contributed by atoms with E-state index in [0.29, 0.717) is 24.7 Å². The Hall–Kier alpha value is -1.71. The maximum atomic E-state index is 11.6. The highest BCUT2D eigenvalue weighted by Gasteiger charge is 2.19. The maximum Gasteiger partial charge on any atom is 0.231 e. The average molecular weight is 262 g/mol. The molecule has 1 saturated carbocycles. The number of hydrogen-bond donors (Lipinski definition) is 0. The van der Waals surface area contributed by atoms with Crippen molar-refractivity contribution in [1.29, 1.82) is 0 Å². The minimum absolute atomic E-state index is 0.274. The van der Waals surface area contributed by atoms with Gasteiger partial charge in [0, 0.05) is 18.9 Å². The van der Waals surface area contributed by atoms with E-state index >= 15 is 0 Å². The Kier molecular flexibility index (Phi) is 3.58. The minimum atomic E-state index is 0.274. The van der Waals surface area contributed by atoms with E-state index in [1.165, 1.54) is 0 Å². The van der Waals surface area contributed by atoms with Crippen LogP contribution in [-0.2, 0) is 4.79 Å². The third kappa shape index (κ3) is 3.00. The van der Waals surface area contributed by atoms with Gasteiger partial charge in [-0.1, -0.05) is 6.42 Å². The second kappa shape index (κ2) is 5.51. The summed E-state index contributed by atoms with van der Waals surface area (Å²) in [5, 5.41) is 0. The zero-order chi connectivity index (χ0) is 13.1. The molecule has 102 valence electrons. The number of carbonyl (C=O) groups is 1. The van der Waals surface area contributed by atoms with Gasteiger partial charge in [-0.3, -0.25) is 4.79 Å². The molecule has 0 aromatic heterocycles. The summed E-state index contributed by atoms with van der Waals surface area (Å²) < 4.78 is 16.4. The van der Waals surface area contributed by atoms with Gasteiger partial charge in [0.1, 0.15) is 11.5 Å². The number of ether oxygens (including phenoxy) is 3. The number of carbonyl (C=O) groups excluding carboxylic acids is 1. The van der Waals surface area contributed by atoms with Crippen molar-refractivity contribution in [1.82, 2.24) is 0 Å². The van der Waals surface area contributed by atoms with Crippen LogP contribution in [0, 0.1) is 5.92 Å². The van der Waals surface area contributed by atoms with Crippen molar-refractivity contribution in [3.8, 4) is 17.2 Å². The van der Waals surface area contributed by atoms with Crippen LogP contribution in [-0.4, -0.2) is 19.2 Å². The predicted molar refractivity (Wildman–Crippen MR) is 69.6 cm³/mol. The molecular formula is C15H18O4. The van der Waals surface area contributed by atoms with Crippen molar-refractivity contribution >= 4 is 5.78 Å². The molecule has 0 spiro atoms. The number of hydrogen-bond acceptors (Lipinski definition) is 4. The van der Waals surface area contributed by atoms with Gasteiger partial charge < -0.3 is 14.2 Å². The van der Waals surface area contributed by atoms with Crippen LogP contribution in [0.3, 0.4) is 0 Å². The van der Waals surface area contributed by atoms with Gasteiger partial charge in [0.2, 0.25) is 6.79 Å². The third-order valence-corrected chi connectivity index (χ3v) is 3.66. The fourth-order valence-electron chi connectivity index (χ4n) is 2.60. The quantitative estimate of drug-likeness (QED) is 0.786. The van der Waals surface area contributed by atoms with E-state index in [4.69, 9.17) is 14.2 Å². The first-order valence-electron chi connectivity index (χ1n) is 6.85. The van der Waals surface area contributed by atoms with Gasteiger partial charge in [0.15, 0.2) is 11.5 Å². The number of Topliss-reactive ketones (excluding diaryl/α,β-unsaturated/α-hetero) is 1. The average Bonchev–Trinajstić information content (AvgIpc) is 2.78. The van der Waals surface area contributed by atoms with Gasteiger partial charge in [-0.05, 0) is 30.9 Å². The molecule has 4 heteroatoms. The van der Waals surface area contributed by atoms with E-state index in [0.717, 1.165) is 42.9 Å². The first-order valence-corrected chi connectivity index (χ1v) is 6.85. The van der Waals surface area contributed by atoms with Crippen molar-refractivity contribution in [2.45, 2.75) is 32.1 Å². The van der Waals surface area contributed by atoms with Crippen LogP contribution in [0.4, 0.5) is 0 Å². The molecule has 1 aromatic rings. The molecule has 1 aliphatic heterocycles. The molecule has 1 unspecified atom stereocenters. The summed E-state index contributed by atoms with van der Waals surface area (Å²) in [6.07, 6.45) is 4.63. The molecule has 0 N–H and O–H groups in total. The van der Waals surface area contributed by atoms with Gasteiger partial charge in [-0.2, -0.15) is 0 Å². The summed E-state index contributed by atoms with van der Waals surface area (Å²) in [5.41, 5.74) is 0. The summed E-state index contributed by atoms with van der Waals surface area (Å²) in [6.45, 7) is 0.876. The Morgan fingerprint density at radius 2 is 2.11 bits per heavy atom. The Morgan fingerprint density at radius 1 is 1.21 bits per heavy atom. The molecule has 1 aliphatic carbocycles. The topological polar surface area (TPSA) is 44.8 Å². The predicted octanol–water partition coefficient (Wildman–Crippen LogP) is 2.94. The first-order chi connectivity index (χ1) is 9.31. The van der Waals surface area contributed by atoms with Crippen molar-refractivity contribution in [3.63, 3.8) is 0 Å². The van der Waals surface area contributed by atoms with Crippen molar-refractivity contribution in [2.24, 2.45) is 5.92 Å². The fourth-order valence-corrected chi connectivity index (χ4v) is 2.60. The van der Waals surface area contributed by atoms with E-state index in [-0.39, 0.29) is 6.79 Å². The molecule has 1 fully saturated rings. The van der Waals surface area contributed by atoms with Crippen molar-refractivity contribution < 1.29 is 19.0 Å². The first kappa shape index (κ1) is 12.3. The molecule has 0 saturated heterocycles. The molecule has 1 aromatic carbocycles. The van der Waals surface area contributed by atoms with Crippen LogP contribution in [0.2, 0.25) is 0 Å². The lowest BCUT2D eigenvalue weighted by Crippen LogP contribution is -2.14. The Morgan fingerprint density at radius 3 is 3.05 bits per heavy atom. The van der Waals surface area contributed by atoms with Crippen LogP contribution >= 0.6 is 0 Å². The fraction of sp³-hybridized carbons (Fsp3) is 0.533. The normalized spacial score (nSPS) is 22.1. The van der Waals surface area contributed by atoms with Gasteiger partial charge in [-0.15, -0.1) is 0 Å². The summed E-state index contributed by atoms with van der Waals surface area (Å²) in [7, 11) is 0. The summed E-state index contributed by atoms with van der Waals surface area (Å²) in [6, 6.07) is 5.59. The van der Waals surface area contributed by atoms with E-state index in [2.05, 4.69) is 0 Å². The zero-order valence-corrected chi connectivity index (χ0v) is 10.9. The van der Waals surface area contributed by atoms with Gasteiger partial charge in [0.05, 0.1) is 6.61 Å². The zero-order valence-electron chi connectivity index (χ0n) is 10.9. The smallest absolute Gasteiger partial charge is 0.231 e. The lowest BCUT2D eigenvalue weighted by molar-refractivity contribution is -0.119. The Labute approximate surface area is 112 Å². The molecule has 4 nitrogen and oxygen atoms in total. The molecule has 19 heavy (non-hydrogen) atoms. The van der Waals surface area contributed by atoms with E-state index in [1.807, 2.05) is 18.2 Å². The second-order valence-electron chi connectivity index (χ2n) is 5.18. The molecule has 0 radical (unpaired) electrons. The third-order valence-electron chi connectivity index (χ3n) is 3.66. The van der Waals surface area contributed by atoms with Crippen LogP contribution in [0.15, 0.2) is 18.2 Å². The molecule has 1 atom stereocenters. The van der Waals surface area contributed by atoms with Gasteiger partial charge >= 0.3 is 0 Å². The summed E-state index contributed by atoms with van der Waals surface area (Å²) >= 11 is 0. The van der Waals surface area contributed by atoms with E-state index in [9.17, 15) is 4.79 Å². The maximum absolute atomic E-state index is 11.6. The minimum Gasteiger partial charge on any atom is -0.493 e. The molecular weight excluding hydrogens is 244 g/mol. The molecule has 0 amide bonds. The van der Waals surface area contributed by atoms with Gasteiger partial charge in [-0.25, -0.2) is 0 Å². The molecule has 0 bridgehead atoms. The number of rotatable bonds is 3. The van der Waals surface area contributed by atoms with Crippen molar-refractivity contribution in [3.05, 3.63) is 18.2 Å². The SMILES string of the molecule is O=C1CCCCC(COc2ccc3c(c2)OCO3)C1. The number of fused-ring (bicyclic) bond motifs is 1. The molecule has 1 heterocycles. The highest BCUT2D eigenvalue weighted by Crippen LogP contribution is 2.35. The lowest BCUT2D eigenvalue weighted by atomic mass is 10.0. The molecule has 3 rings (SSSR count). The highest BCUT2D eigenvalue weighted by atomic mass is 16.7. The number of benzene rings is 1. The van der Waals surface area contributed by atoms with E-state index in [1.54, 1.807) is 0 Å². The van der Waals surface area contributed by atoms with Crippen LogP contribution in [0.25, 0.3) is 0 Å². The lowest BCUT2D eigenvalue weighted by Gasteiger charge is -2.14. The standard InChI is InChI=1S/C15H18O4/c16-12-4-2-1-3-11(7-12)9-17-13-5-6-14-15(8-13)19-10-18-14/h5-6,8,11H,1-4,7,9-10H2. The van der Waals surface area contributed by atoms with Crippen LogP contribution in [0.5, 0.6) is 17.2 Å². The molecule has 2 aliphatic rings. The monoisotopic (exact) mass is 262 g/mol. The largest absolute Gasteiger partial charge is 0.493 e. The second-order valence-corrected chi connectivity index (χ2v) is 5.18. The summed E-state index contributed by atoms with van der Waals surface area (Å²) in [5.74, 6) is 2.99. The van der Waals surface area contributed by atoms with Gasteiger partial charge in [0.25, 0.3) is 0 Å². The van der Waals surface area contributed by atoms with Crippen LogP contribution in [0.1, 0.15) is 32.1 Å². The highest BCUT2D eigenvalue weighted by molar-refractivity contribution is 5.78. The Balaban J connectivity index is 1.58. The van der Waals surface area contributed by atoms with Crippen molar-refractivity contribution in [2.75, 3.05) is 13.4 Å². The number of ketones is 1.